The molecule has 0 unspecified atom stereocenters. The van der Waals surface area contributed by atoms with Crippen LogP contribution in [0.2, 0.25) is 0 Å². The number of ether oxygens (including phenoxy) is 2. The third kappa shape index (κ3) is 6.57. The van der Waals surface area contributed by atoms with Crippen molar-refractivity contribution in [3.05, 3.63) is 77.9 Å². The van der Waals surface area contributed by atoms with Gasteiger partial charge in [-0.3, -0.25) is 10.4 Å². The smallest absolute Gasteiger partial charge is 0.415 e. The number of hydrogen-bond acceptors (Lipinski definition) is 6. The van der Waals surface area contributed by atoms with Gasteiger partial charge in [-0.05, 0) is 43.5 Å². The first-order chi connectivity index (χ1) is 17.6. The first kappa shape index (κ1) is 26.6. The van der Waals surface area contributed by atoms with Crippen molar-refractivity contribution in [1.82, 2.24) is 14.5 Å². The van der Waals surface area contributed by atoms with Crippen molar-refractivity contribution < 1.29 is 19.4 Å². The highest BCUT2D eigenvalue weighted by Crippen LogP contribution is 2.27. The van der Waals surface area contributed by atoms with Gasteiger partial charge in [-0.15, -0.1) is 0 Å². The molecule has 1 aromatic carbocycles. The molecule has 0 radical (unpaired) electrons. The Bertz CT molecular complexity index is 1170. The third-order valence-electron chi connectivity index (χ3n) is 5.79. The maximum atomic E-state index is 12.7. The summed E-state index contributed by atoms with van der Waals surface area (Å²) in [4.78, 5) is 22.5. The number of carbonyl (C=O) groups excluding carboxylic acids is 1. The number of amides is 1. The topological polar surface area (TPSA) is 113 Å². The summed E-state index contributed by atoms with van der Waals surface area (Å²) >= 11 is 0. The van der Waals surface area contributed by atoms with E-state index in [1.54, 1.807) is 35.5 Å². The Hall–Kier alpha value is -3.98. The number of hydrogen-bond donors (Lipinski definition) is 2. The summed E-state index contributed by atoms with van der Waals surface area (Å²) in [6, 6.07) is 11.1. The van der Waals surface area contributed by atoms with Crippen LogP contribution in [0.5, 0.6) is 11.5 Å². The summed E-state index contributed by atoms with van der Waals surface area (Å²) in [5.74, 6) is 1.29. The van der Waals surface area contributed by atoms with Crippen LogP contribution in [-0.4, -0.2) is 51.0 Å². The lowest BCUT2D eigenvalue weighted by Crippen LogP contribution is -2.40. The molecule has 0 saturated carbocycles. The predicted octanol–water partition coefficient (Wildman–Crippen LogP) is 4.98. The van der Waals surface area contributed by atoms with Gasteiger partial charge in [0.1, 0.15) is 17.8 Å². The highest BCUT2D eigenvalue weighted by molar-refractivity contribution is 5.99. The molecule has 0 atom stereocenters. The van der Waals surface area contributed by atoms with Crippen molar-refractivity contribution in [3.8, 4) is 11.5 Å². The van der Waals surface area contributed by atoms with Gasteiger partial charge in [0.2, 0.25) is 5.90 Å². The average Bonchev–Trinajstić information content (AvgIpc) is 3.42. The van der Waals surface area contributed by atoms with Crippen LogP contribution in [-0.2, 0) is 6.61 Å². The number of likely N-dealkylation sites (tertiary alicyclic amines) is 1. The number of piperidine rings is 1. The van der Waals surface area contributed by atoms with E-state index >= 15 is 0 Å². The number of aliphatic hydroxyl groups excluding tert-OH is 1. The Morgan fingerprint density at radius 2 is 1.97 bits per heavy atom. The van der Waals surface area contributed by atoms with Crippen LogP contribution in [0.4, 0.5) is 4.79 Å². The van der Waals surface area contributed by atoms with Crippen molar-refractivity contribution in [2.24, 2.45) is 4.99 Å². The molecule has 0 bridgehead atoms. The monoisotopic (exact) mass is 491 g/mol. The quantitative estimate of drug-likeness (QED) is 0.373. The first-order valence-electron chi connectivity index (χ1n) is 12.1. The van der Waals surface area contributed by atoms with Crippen LogP contribution in [0, 0.1) is 12.3 Å². The van der Waals surface area contributed by atoms with Crippen molar-refractivity contribution in [1.29, 1.82) is 5.41 Å². The van der Waals surface area contributed by atoms with E-state index < -0.39 is 6.09 Å². The standard InChI is InChI=1S/C25H27N5O4.C2H6/c1-18-4-2-5-20(16-31)23(18)34-25(32)29-12-8-21(9-13-29)30-11-7-19(15-30)24(28-17-26)33-22-6-3-10-27-14-22;1-2/h2-7,10-11,14-15,17,21,26,31H,8-9,12-13,16H2,1H3;1-2H3. The molecule has 9 heteroatoms. The SMILES string of the molecule is CC.Cc1cccc(CO)c1OC(=O)N1CCC(n2ccc(C(=NC=N)Oc3cccnc3)c2)CC1. The summed E-state index contributed by atoms with van der Waals surface area (Å²) in [5.41, 5.74) is 2.16. The van der Waals surface area contributed by atoms with E-state index in [-0.39, 0.29) is 12.6 Å². The van der Waals surface area contributed by atoms with Gasteiger partial charge in [0, 0.05) is 43.3 Å². The zero-order chi connectivity index (χ0) is 25.9. The number of carbonyl (C=O) groups is 1. The van der Waals surface area contributed by atoms with Gasteiger partial charge >= 0.3 is 6.09 Å². The van der Waals surface area contributed by atoms with E-state index in [0.29, 0.717) is 36.0 Å². The fourth-order valence-corrected chi connectivity index (χ4v) is 3.99. The molecule has 190 valence electrons. The van der Waals surface area contributed by atoms with Gasteiger partial charge < -0.3 is 24.0 Å². The molecule has 1 fully saturated rings. The van der Waals surface area contributed by atoms with E-state index in [1.165, 1.54) is 0 Å². The van der Waals surface area contributed by atoms with Crippen molar-refractivity contribution >= 4 is 18.3 Å². The maximum absolute atomic E-state index is 12.7. The third-order valence-corrected chi connectivity index (χ3v) is 5.79. The number of pyridine rings is 1. The molecule has 1 amide bonds. The molecule has 2 aromatic heterocycles. The Morgan fingerprint density at radius 1 is 1.19 bits per heavy atom. The molecule has 4 rings (SSSR count). The van der Waals surface area contributed by atoms with Crippen LogP contribution in [0.1, 0.15) is 49.4 Å². The average molecular weight is 492 g/mol. The highest BCUT2D eigenvalue weighted by Gasteiger charge is 2.26. The van der Waals surface area contributed by atoms with Crippen LogP contribution in [0.3, 0.4) is 0 Å². The van der Waals surface area contributed by atoms with Gasteiger partial charge in [0.05, 0.1) is 18.4 Å². The second-order valence-electron chi connectivity index (χ2n) is 8.01. The molecule has 3 aromatic rings. The number of nitrogens with one attached hydrogen (secondary N) is 1. The number of aliphatic hydroxyl groups is 1. The van der Waals surface area contributed by atoms with Crippen molar-refractivity contribution in [2.75, 3.05) is 13.1 Å². The Morgan fingerprint density at radius 3 is 2.64 bits per heavy atom. The molecule has 9 nitrogen and oxygen atoms in total. The van der Waals surface area contributed by atoms with E-state index in [0.717, 1.165) is 30.3 Å². The largest absolute Gasteiger partial charge is 0.437 e. The zero-order valence-electron chi connectivity index (χ0n) is 20.9. The van der Waals surface area contributed by atoms with Crippen LogP contribution >= 0.6 is 0 Å². The number of aromatic nitrogens is 2. The lowest BCUT2D eigenvalue weighted by molar-refractivity contribution is 0.130. The predicted molar refractivity (Wildman–Crippen MR) is 139 cm³/mol. The highest BCUT2D eigenvalue weighted by atomic mass is 16.6. The Labute approximate surface area is 211 Å². The molecular formula is C27H33N5O4. The van der Waals surface area contributed by atoms with E-state index in [2.05, 4.69) is 14.5 Å². The maximum Gasteiger partial charge on any atom is 0.415 e. The number of aliphatic imine (C=N–C) groups is 1. The molecule has 0 aliphatic carbocycles. The number of nitrogens with zero attached hydrogens (tertiary/aromatic N) is 4. The Kier molecular flexibility index (Phi) is 9.76. The molecule has 36 heavy (non-hydrogen) atoms. The molecule has 1 saturated heterocycles. The fourth-order valence-electron chi connectivity index (χ4n) is 3.99. The van der Waals surface area contributed by atoms with Gasteiger partial charge in [-0.25, -0.2) is 9.79 Å². The summed E-state index contributed by atoms with van der Waals surface area (Å²) in [6.07, 6.45) is 9.23. The zero-order valence-corrected chi connectivity index (χ0v) is 20.9. The van der Waals surface area contributed by atoms with Gasteiger partial charge in [0.15, 0.2) is 0 Å². The number of para-hydroxylation sites is 1. The molecule has 0 spiro atoms. The van der Waals surface area contributed by atoms with Gasteiger partial charge in [0.25, 0.3) is 0 Å². The molecule has 1 aliphatic heterocycles. The summed E-state index contributed by atoms with van der Waals surface area (Å²) in [5, 5.41) is 16.9. The van der Waals surface area contributed by atoms with E-state index in [1.807, 2.05) is 51.4 Å². The minimum Gasteiger partial charge on any atom is -0.437 e. The lowest BCUT2D eigenvalue weighted by Gasteiger charge is -2.32. The minimum atomic E-state index is -0.402. The van der Waals surface area contributed by atoms with E-state index in [4.69, 9.17) is 14.9 Å². The van der Waals surface area contributed by atoms with Crippen LogP contribution < -0.4 is 9.47 Å². The second-order valence-corrected chi connectivity index (χ2v) is 8.01. The van der Waals surface area contributed by atoms with Gasteiger partial charge in [-0.1, -0.05) is 32.0 Å². The fraction of sp³-hybridized carbons (Fsp3) is 0.333. The molecular weight excluding hydrogens is 458 g/mol. The number of benzene rings is 1. The molecule has 1 aliphatic rings. The first-order valence-corrected chi connectivity index (χ1v) is 12.1. The van der Waals surface area contributed by atoms with Crippen LogP contribution in [0.25, 0.3) is 0 Å². The molecule has 2 N–H and O–H groups in total. The summed E-state index contributed by atoms with van der Waals surface area (Å²) in [7, 11) is 0. The minimum absolute atomic E-state index is 0.184. The number of aryl methyl sites for hydroxylation is 1. The lowest BCUT2D eigenvalue weighted by atomic mass is 10.1. The normalized spacial score (nSPS) is 14.0. The van der Waals surface area contributed by atoms with Gasteiger partial charge in [-0.2, -0.15) is 0 Å². The van der Waals surface area contributed by atoms with Crippen LogP contribution in [0.15, 0.2) is 66.2 Å². The summed E-state index contributed by atoms with van der Waals surface area (Å²) < 4.78 is 13.5. The Balaban J connectivity index is 0.00000176. The van der Waals surface area contributed by atoms with Crippen molar-refractivity contribution in [2.45, 2.75) is 46.3 Å². The summed E-state index contributed by atoms with van der Waals surface area (Å²) in [6.45, 7) is 6.79. The molecule has 3 heterocycles. The van der Waals surface area contributed by atoms with Crippen molar-refractivity contribution in [3.63, 3.8) is 0 Å². The number of rotatable bonds is 6. The van der Waals surface area contributed by atoms with E-state index in [9.17, 15) is 9.90 Å². The second kappa shape index (κ2) is 13.2.